The van der Waals surface area contributed by atoms with Gasteiger partial charge in [-0.25, -0.2) is 18.4 Å². The highest BCUT2D eigenvalue weighted by Crippen LogP contribution is 2.36. The third kappa shape index (κ3) is 3.55. The van der Waals surface area contributed by atoms with Gasteiger partial charge in [-0.2, -0.15) is 9.78 Å². The number of methoxy groups -OCH3 is 2. The van der Waals surface area contributed by atoms with E-state index in [9.17, 15) is 8.42 Å². The van der Waals surface area contributed by atoms with E-state index in [0.29, 0.717) is 28.1 Å². The van der Waals surface area contributed by atoms with Crippen LogP contribution in [0.4, 0.5) is 5.82 Å². The van der Waals surface area contributed by atoms with E-state index in [1.807, 2.05) is 12.1 Å². The highest BCUT2D eigenvalue weighted by Gasteiger charge is 2.31. The Morgan fingerprint density at radius 2 is 1.74 bits per heavy atom. The topological polar surface area (TPSA) is 122 Å². The molecule has 0 amide bonds. The van der Waals surface area contributed by atoms with Gasteiger partial charge in [0.05, 0.1) is 31.5 Å². The molecular formula is C23H19N5O4S2. The molecule has 0 fully saturated rings. The van der Waals surface area contributed by atoms with Crippen molar-refractivity contribution in [3.63, 3.8) is 0 Å². The number of nitrogens with zero attached hydrogens (tertiary/aromatic N) is 4. The number of hydrogen-bond acceptors (Lipinski definition) is 9. The zero-order chi connectivity index (χ0) is 23.9. The monoisotopic (exact) mass is 493 g/mol. The molecule has 0 bridgehead atoms. The number of benzene rings is 2. The molecule has 3 heterocycles. The van der Waals surface area contributed by atoms with Gasteiger partial charge in [0.15, 0.2) is 17.1 Å². The summed E-state index contributed by atoms with van der Waals surface area (Å²) in [4.78, 5) is 9.10. The number of para-hydroxylation sites is 2. The molecule has 172 valence electrons. The van der Waals surface area contributed by atoms with Crippen LogP contribution in [-0.4, -0.2) is 43.5 Å². The molecule has 5 aromatic rings. The molecule has 3 aromatic heterocycles. The Kier molecular flexibility index (Phi) is 5.42. The molecule has 0 spiro atoms. The Bertz CT molecular complexity index is 1660. The van der Waals surface area contributed by atoms with E-state index in [0.717, 1.165) is 11.3 Å². The smallest absolute Gasteiger partial charge is 0.221 e. The number of rotatable bonds is 6. The summed E-state index contributed by atoms with van der Waals surface area (Å²) < 4.78 is 39.0. The lowest BCUT2D eigenvalue weighted by molar-refractivity contribution is 0.355. The molecule has 5 rings (SSSR count). The second-order valence-electron chi connectivity index (χ2n) is 7.21. The van der Waals surface area contributed by atoms with Gasteiger partial charge in [0, 0.05) is 0 Å². The molecule has 11 heteroatoms. The lowest BCUT2D eigenvalue weighted by atomic mass is 10.2. The summed E-state index contributed by atoms with van der Waals surface area (Å²) >= 11 is 1.11. The molecule has 9 nitrogen and oxygen atoms in total. The molecule has 0 atom stereocenters. The fourth-order valence-corrected chi connectivity index (χ4v) is 6.16. The van der Waals surface area contributed by atoms with Crippen molar-refractivity contribution in [3.05, 3.63) is 65.5 Å². The van der Waals surface area contributed by atoms with Crippen LogP contribution in [0.25, 0.3) is 22.2 Å². The van der Waals surface area contributed by atoms with Crippen LogP contribution < -0.4 is 15.2 Å². The maximum absolute atomic E-state index is 13.5. The third-order valence-corrected chi connectivity index (χ3v) is 8.40. The Morgan fingerprint density at radius 3 is 2.41 bits per heavy atom. The summed E-state index contributed by atoms with van der Waals surface area (Å²) in [6, 6.07) is 15.7. The van der Waals surface area contributed by atoms with Gasteiger partial charge in [-0.15, -0.1) is 11.3 Å². The lowest BCUT2D eigenvalue weighted by Crippen LogP contribution is -2.05. The first-order chi connectivity index (χ1) is 16.4. The van der Waals surface area contributed by atoms with E-state index < -0.39 is 9.84 Å². The van der Waals surface area contributed by atoms with Crippen LogP contribution in [0.3, 0.4) is 0 Å². The van der Waals surface area contributed by atoms with E-state index in [1.165, 1.54) is 17.0 Å². The lowest BCUT2D eigenvalue weighted by Gasteiger charge is -2.07. The van der Waals surface area contributed by atoms with Crippen LogP contribution in [0, 0.1) is 0 Å². The van der Waals surface area contributed by atoms with Crippen molar-refractivity contribution >= 4 is 55.4 Å². The highest BCUT2D eigenvalue weighted by atomic mass is 32.2. The maximum Gasteiger partial charge on any atom is 0.221 e. The Balaban J connectivity index is 1.74. The summed E-state index contributed by atoms with van der Waals surface area (Å²) in [5.74, 6) is 1.03. The Labute approximate surface area is 199 Å². The average molecular weight is 494 g/mol. The number of ether oxygens (including phenoxy) is 2. The van der Waals surface area contributed by atoms with Crippen LogP contribution in [0.1, 0.15) is 5.56 Å². The predicted molar refractivity (Wildman–Crippen MR) is 132 cm³/mol. The molecule has 0 aliphatic rings. The van der Waals surface area contributed by atoms with Crippen LogP contribution in [0.15, 0.2) is 74.2 Å². The molecule has 2 aromatic carbocycles. The predicted octanol–water partition coefficient (Wildman–Crippen LogP) is 3.96. The second kappa shape index (κ2) is 8.43. The molecule has 0 radical (unpaired) electrons. The largest absolute Gasteiger partial charge is 0.493 e. The third-order valence-electron chi connectivity index (χ3n) is 5.19. The molecule has 0 aliphatic heterocycles. The van der Waals surface area contributed by atoms with Gasteiger partial charge in [-0.05, 0) is 47.3 Å². The second-order valence-corrected chi connectivity index (χ2v) is 10.3. The van der Waals surface area contributed by atoms with Gasteiger partial charge in [-0.3, -0.25) is 0 Å². The summed E-state index contributed by atoms with van der Waals surface area (Å²) in [5, 5.41) is 6.16. The summed E-state index contributed by atoms with van der Waals surface area (Å²) in [6.07, 6.45) is 1.54. The number of nitrogens with two attached hydrogens (primary N) is 1. The Morgan fingerprint density at radius 1 is 1.00 bits per heavy atom. The Hall–Kier alpha value is -3.96. The van der Waals surface area contributed by atoms with Crippen LogP contribution in [-0.2, 0) is 9.84 Å². The van der Waals surface area contributed by atoms with Crippen LogP contribution in [0.2, 0.25) is 0 Å². The number of thiophene rings is 1. The SMILES string of the molecule is COc1ccc(/C=N\n2c(N)c(S(=O)(=O)c3cccs3)c3nc4ccccc4nc32)cc1OC. The van der Waals surface area contributed by atoms with E-state index in [4.69, 9.17) is 15.2 Å². The average Bonchev–Trinajstić information content (AvgIpc) is 3.48. The standard InChI is InChI=1S/C23H19N5O4S2/c1-31-17-10-9-14(12-18(17)32-2)13-25-28-22(24)21(34(29,30)19-8-5-11-33-19)20-23(28)27-16-7-4-3-6-15(16)26-20/h3-13H,24H2,1-2H3/b25-13-. The fraction of sp³-hybridized carbons (Fsp3) is 0.0870. The van der Waals surface area contributed by atoms with Crippen LogP contribution in [0.5, 0.6) is 11.5 Å². The first kappa shape index (κ1) is 21.9. The van der Waals surface area contributed by atoms with Crippen molar-refractivity contribution in [2.45, 2.75) is 9.10 Å². The van der Waals surface area contributed by atoms with Crippen molar-refractivity contribution in [2.24, 2.45) is 5.10 Å². The van der Waals surface area contributed by atoms with Crippen molar-refractivity contribution in [1.29, 1.82) is 0 Å². The number of anilines is 1. The van der Waals surface area contributed by atoms with Crippen molar-refractivity contribution in [1.82, 2.24) is 14.6 Å². The number of hydrogen-bond donors (Lipinski definition) is 1. The minimum atomic E-state index is -3.94. The molecule has 0 saturated heterocycles. The van der Waals surface area contributed by atoms with Gasteiger partial charge in [0.2, 0.25) is 9.84 Å². The molecule has 34 heavy (non-hydrogen) atoms. The molecule has 2 N–H and O–H groups in total. The first-order valence-electron chi connectivity index (χ1n) is 10.1. The molecule has 0 unspecified atom stereocenters. The minimum Gasteiger partial charge on any atom is -0.493 e. The van der Waals surface area contributed by atoms with E-state index in [-0.39, 0.29) is 26.1 Å². The summed E-state index contributed by atoms with van der Waals surface area (Å²) in [6.45, 7) is 0. The number of fused-ring (bicyclic) bond motifs is 2. The van der Waals surface area contributed by atoms with E-state index in [2.05, 4.69) is 15.1 Å². The van der Waals surface area contributed by atoms with Crippen molar-refractivity contribution in [2.75, 3.05) is 20.0 Å². The molecule has 0 aliphatic carbocycles. The van der Waals surface area contributed by atoms with Gasteiger partial charge in [0.1, 0.15) is 20.4 Å². The molecule has 0 saturated carbocycles. The quantitative estimate of drug-likeness (QED) is 0.355. The van der Waals surface area contributed by atoms with Gasteiger partial charge in [0.25, 0.3) is 0 Å². The molecular weight excluding hydrogens is 474 g/mol. The zero-order valence-electron chi connectivity index (χ0n) is 18.2. The summed E-state index contributed by atoms with van der Waals surface area (Å²) in [5.41, 5.74) is 8.62. The highest BCUT2D eigenvalue weighted by molar-refractivity contribution is 7.93. The zero-order valence-corrected chi connectivity index (χ0v) is 19.8. The van der Waals surface area contributed by atoms with Crippen molar-refractivity contribution in [3.8, 4) is 11.5 Å². The van der Waals surface area contributed by atoms with Gasteiger partial charge < -0.3 is 15.2 Å². The normalized spacial score (nSPS) is 12.1. The number of nitrogen functional groups attached to an aromatic ring is 1. The maximum atomic E-state index is 13.5. The fourth-order valence-electron chi connectivity index (χ4n) is 3.58. The van der Waals surface area contributed by atoms with E-state index >= 15 is 0 Å². The minimum absolute atomic E-state index is 0.0737. The number of sulfone groups is 1. The summed E-state index contributed by atoms with van der Waals surface area (Å²) in [7, 11) is -0.851. The van der Waals surface area contributed by atoms with Gasteiger partial charge >= 0.3 is 0 Å². The van der Waals surface area contributed by atoms with E-state index in [1.54, 1.807) is 56.0 Å². The van der Waals surface area contributed by atoms with Crippen molar-refractivity contribution < 1.29 is 17.9 Å². The first-order valence-corrected chi connectivity index (χ1v) is 12.4. The van der Waals surface area contributed by atoms with Crippen LogP contribution >= 0.6 is 11.3 Å². The number of aromatic nitrogens is 3. The van der Waals surface area contributed by atoms with Gasteiger partial charge in [-0.1, -0.05) is 18.2 Å².